The Morgan fingerprint density at radius 1 is 1.38 bits per heavy atom. The van der Waals surface area contributed by atoms with Gasteiger partial charge in [0.2, 0.25) is 0 Å². The van der Waals surface area contributed by atoms with Gasteiger partial charge in [0.15, 0.2) is 0 Å². The molecule has 0 radical (unpaired) electrons. The molecule has 66 valence electrons. The summed E-state index contributed by atoms with van der Waals surface area (Å²) in [5.41, 5.74) is 1.53. The lowest BCUT2D eigenvalue weighted by atomic mass is 10.2. The summed E-state index contributed by atoms with van der Waals surface area (Å²) in [4.78, 5) is 6.75. The molecule has 0 aliphatic rings. The molecule has 1 aromatic heterocycles. The van der Waals surface area contributed by atoms with Crippen molar-refractivity contribution >= 4 is 11.6 Å². The van der Waals surface area contributed by atoms with Crippen molar-refractivity contribution in [2.45, 2.75) is 0 Å². The number of rotatable bonds is 1. The summed E-state index contributed by atoms with van der Waals surface area (Å²) in [5, 5.41) is 0.379. The monoisotopic (exact) mass is 196 g/mol. The van der Waals surface area contributed by atoms with E-state index < -0.39 is 0 Å². The molecule has 1 N–H and O–H groups in total. The second-order valence-corrected chi connectivity index (χ2v) is 3.00. The number of nitrogens with one attached hydrogen (secondary N) is 1. The molecule has 0 spiro atoms. The summed E-state index contributed by atoms with van der Waals surface area (Å²) in [5.74, 6) is -0.340. The zero-order valence-corrected chi connectivity index (χ0v) is 7.35. The van der Waals surface area contributed by atoms with Crippen molar-refractivity contribution in [2.75, 3.05) is 0 Å². The van der Waals surface area contributed by atoms with Crippen LogP contribution in [0.25, 0.3) is 11.3 Å². The van der Waals surface area contributed by atoms with Gasteiger partial charge in [-0.1, -0.05) is 11.6 Å². The van der Waals surface area contributed by atoms with E-state index in [1.165, 1.54) is 12.1 Å². The molecule has 1 aromatic carbocycles. The van der Waals surface area contributed by atoms with Gasteiger partial charge in [0, 0.05) is 5.56 Å². The fourth-order valence-electron chi connectivity index (χ4n) is 1.11. The topological polar surface area (TPSA) is 28.7 Å². The normalized spacial score (nSPS) is 10.3. The number of hydrogen-bond acceptors (Lipinski definition) is 1. The number of imidazole rings is 1. The zero-order valence-electron chi connectivity index (χ0n) is 6.59. The Labute approximate surface area is 79.4 Å². The molecule has 0 saturated carbocycles. The smallest absolute Gasteiger partial charge is 0.124 e. The molecule has 0 fully saturated rings. The molecule has 2 rings (SSSR count). The SMILES string of the molecule is Fc1ccc(-c2cnc[nH]2)c(Cl)c1. The van der Waals surface area contributed by atoms with Gasteiger partial charge in [-0.05, 0) is 18.2 Å². The third-order valence-corrected chi connectivity index (χ3v) is 2.03. The van der Waals surface area contributed by atoms with Crippen LogP contribution in [0.5, 0.6) is 0 Å². The standard InChI is InChI=1S/C9H6ClFN2/c10-8-3-6(11)1-2-7(8)9-4-12-5-13-9/h1-5H,(H,12,13). The summed E-state index contributed by atoms with van der Waals surface area (Å²) in [7, 11) is 0. The molecule has 0 bridgehead atoms. The van der Waals surface area contributed by atoms with Crippen molar-refractivity contribution in [1.82, 2.24) is 9.97 Å². The van der Waals surface area contributed by atoms with Crippen LogP contribution >= 0.6 is 11.6 Å². The van der Waals surface area contributed by atoms with E-state index in [1.54, 1.807) is 18.6 Å². The molecule has 1 heterocycles. The average Bonchev–Trinajstić information content (AvgIpc) is 2.56. The van der Waals surface area contributed by atoms with Crippen molar-refractivity contribution in [1.29, 1.82) is 0 Å². The van der Waals surface area contributed by atoms with Crippen LogP contribution in [-0.4, -0.2) is 9.97 Å². The lowest BCUT2D eigenvalue weighted by Crippen LogP contribution is -1.80. The van der Waals surface area contributed by atoms with Crippen molar-refractivity contribution < 1.29 is 4.39 Å². The molecule has 2 aromatic rings. The zero-order chi connectivity index (χ0) is 9.26. The molecule has 0 aliphatic heterocycles. The Morgan fingerprint density at radius 2 is 2.23 bits per heavy atom. The fraction of sp³-hybridized carbons (Fsp3) is 0. The number of aromatic amines is 1. The van der Waals surface area contributed by atoms with Gasteiger partial charge in [0.25, 0.3) is 0 Å². The van der Waals surface area contributed by atoms with E-state index in [9.17, 15) is 4.39 Å². The van der Waals surface area contributed by atoms with Gasteiger partial charge in [-0.25, -0.2) is 9.37 Å². The number of hydrogen-bond donors (Lipinski definition) is 1. The van der Waals surface area contributed by atoms with Crippen LogP contribution in [-0.2, 0) is 0 Å². The Bertz CT molecular complexity index is 412. The van der Waals surface area contributed by atoms with Crippen LogP contribution in [0.4, 0.5) is 4.39 Å². The highest BCUT2D eigenvalue weighted by Crippen LogP contribution is 2.26. The predicted octanol–water partition coefficient (Wildman–Crippen LogP) is 2.87. The number of halogens is 2. The molecule has 0 amide bonds. The summed E-state index contributed by atoms with van der Waals surface area (Å²) >= 11 is 5.83. The lowest BCUT2D eigenvalue weighted by molar-refractivity contribution is 0.628. The van der Waals surface area contributed by atoms with Crippen LogP contribution in [0.1, 0.15) is 0 Å². The Balaban J connectivity index is 2.53. The second kappa shape index (κ2) is 3.18. The van der Waals surface area contributed by atoms with Crippen molar-refractivity contribution in [3.8, 4) is 11.3 Å². The molecule has 0 saturated heterocycles. The highest BCUT2D eigenvalue weighted by Gasteiger charge is 2.04. The third-order valence-electron chi connectivity index (χ3n) is 1.72. The van der Waals surface area contributed by atoms with Crippen molar-refractivity contribution in [3.05, 3.63) is 41.6 Å². The molecule has 0 atom stereocenters. The Kier molecular flexibility index (Phi) is 2.02. The molecule has 0 aliphatic carbocycles. The van der Waals surface area contributed by atoms with Gasteiger partial charge in [-0.3, -0.25) is 0 Å². The Morgan fingerprint density at radius 3 is 2.85 bits per heavy atom. The van der Waals surface area contributed by atoms with Crippen LogP contribution in [0.15, 0.2) is 30.7 Å². The predicted molar refractivity (Wildman–Crippen MR) is 49.0 cm³/mol. The highest BCUT2D eigenvalue weighted by molar-refractivity contribution is 6.33. The van der Waals surface area contributed by atoms with E-state index in [2.05, 4.69) is 9.97 Å². The van der Waals surface area contributed by atoms with Gasteiger partial charge in [0.1, 0.15) is 5.82 Å². The van der Waals surface area contributed by atoms with E-state index in [-0.39, 0.29) is 5.82 Å². The van der Waals surface area contributed by atoms with Gasteiger partial charge < -0.3 is 4.98 Å². The van der Waals surface area contributed by atoms with Crippen molar-refractivity contribution in [3.63, 3.8) is 0 Å². The molecule has 2 nitrogen and oxygen atoms in total. The summed E-state index contributed by atoms with van der Waals surface area (Å²) < 4.78 is 12.7. The van der Waals surface area contributed by atoms with E-state index in [0.29, 0.717) is 5.02 Å². The quantitative estimate of drug-likeness (QED) is 0.747. The van der Waals surface area contributed by atoms with Gasteiger partial charge in [-0.2, -0.15) is 0 Å². The third kappa shape index (κ3) is 1.55. The largest absolute Gasteiger partial charge is 0.345 e. The van der Waals surface area contributed by atoms with E-state index in [4.69, 9.17) is 11.6 Å². The number of aromatic nitrogens is 2. The lowest BCUT2D eigenvalue weighted by Gasteiger charge is -2.00. The van der Waals surface area contributed by atoms with E-state index in [1.807, 2.05) is 0 Å². The van der Waals surface area contributed by atoms with Crippen molar-refractivity contribution in [2.24, 2.45) is 0 Å². The van der Waals surface area contributed by atoms with Gasteiger partial charge in [-0.15, -0.1) is 0 Å². The first kappa shape index (κ1) is 8.26. The fourth-order valence-corrected chi connectivity index (χ4v) is 1.38. The molecule has 13 heavy (non-hydrogen) atoms. The average molecular weight is 197 g/mol. The first-order chi connectivity index (χ1) is 6.27. The number of H-pyrrole nitrogens is 1. The first-order valence-corrected chi connectivity index (χ1v) is 4.09. The first-order valence-electron chi connectivity index (χ1n) is 3.71. The van der Waals surface area contributed by atoms with Crippen LogP contribution < -0.4 is 0 Å². The van der Waals surface area contributed by atoms with Gasteiger partial charge >= 0.3 is 0 Å². The minimum atomic E-state index is -0.340. The van der Waals surface area contributed by atoms with E-state index in [0.717, 1.165) is 11.3 Å². The minimum absolute atomic E-state index is 0.340. The second-order valence-electron chi connectivity index (χ2n) is 2.59. The van der Waals surface area contributed by atoms with E-state index >= 15 is 0 Å². The molecule has 4 heteroatoms. The molecular formula is C9H6ClFN2. The number of benzene rings is 1. The maximum Gasteiger partial charge on any atom is 0.124 e. The summed E-state index contributed by atoms with van der Waals surface area (Å²) in [6, 6.07) is 4.25. The molecular weight excluding hydrogens is 191 g/mol. The molecule has 0 unspecified atom stereocenters. The Hall–Kier alpha value is -1.35. The summed E-state index contributed by atoms with van der Waals surface area (Å²) in [6.07, 6.45) is 3.19. The van der Waals surface area contributed by atoms with Crippen LogP contribution in [0.2, 0.25) is 5.02 Å². The minimum Gasteiger partial charge on any atom is -0.345 e. The maximum atomic E-state index is 12.7. The summed E-state index contributed by atoms with van der Waals surface area (Å²) in [6.45, 7) is 0. The van der Waals surface area contributed by atoms with Crippen LogP contribution in [0.3, 0.4) is 0 Å². The van der Waals surface area contributed by atoms with Crippen LogP contribution in [0, 0.1) is 5.82 Å². The maximum absolute atomic E-state index is 12.7. The highest BCUT2D eigenvalue weighted by atomic mass is 35.5. The van der Waals surface area contributed by atoms with Gasteiger partial charge in [0.05, 0.1) is 23.2 Å². The number of nitrogens with zero attached hydrogens (tertiary/aromatic N) is 1.